The summed E-state index contributed by atoms with van der Waals surface area (Å²) >= 11 is 0. The van der Waals surface area contributed by atoms with E-state index in [1.54, 1.807) is 49.4 Å². The molecule has 1 N–H and O–H groups in total. The minimum atomic E-state index is -3.98. The number of carbonyl (C=O) groups is 1. The Hall–Kier alpha value is -2.98. The molecule has 1 saturated heterocycles. The smallest absolute Gasteiger partial charge is 0.462 e. The van der Waals surface area contributed by atoms with E-state index in [0.717, 1.165) is 0 Å². The van der Waals surface area contributed by atoms with Crippen molar-refractivity contribution in [1.29, 1.82) is 0 Å². The van der Waals surface area contributed by atoms with E-state index in [1.807, 2.05) is 0 Å². The number of aryl methyl sites for hydroxylation is 1. The Balaban J connectivity index is 1.50. The first kappa shape index (κ1) is 24.2. The third kappa shape index (κ3) is 5.07. The van der Waals surface area contributed by atoms with E-state index in [1.165, 1.54) is 22.5 Å². The van der Waals surface area contributed by atoms with Crippen molar-refractivity contribution in [3.63, 3.8) is 0 Å². The van der Waals surface area contributed by atoms with Crippen LogP contribution in [0.5, 0.6) is 5.75 Å². The molecule has 182 valence electrons. The van der Waals surface area contributed by atoms with E-state index in [0.29, 0.717) is 30.7 Å². The van der Waals surface area contributed by atoms with Crippen molar-refractivity contribution < 1.29 is 27.9 Å². The van der Waals surface area contributed by atoms with Crippen LogP contribution in [0.2, 0.25) is 0 Å². The highest BCUT2D eigenvalue weighted by molar-refractivity contribution is 7.51. The first-order chi connectivity index (χ1) is 16.3. The van der Waals surface area contributed by atoms with Crippen molar-refractivity contribution in [2.45, 2.75) is 38.1 Å². The lowest BCUT2D eigenvalue weighted by Crippen LogP contribution is -2.37. The van der Waals surface area contributed by atoms with Gasteiger partial charge in [0.25, 0.3) is 5.56 Å². The summed E-state index contributed by atoms with van der Waals surface area (Å²) in [4.78, 5) is 38.3. The first-order valence-electron chi connectivity index (χ1n) is 10.8. The van der Waals surface area contributed by atoms with Crippen molar-refractivity contribution in [3.8, 4) is 5.75 Å². The summed E-state index contributed by atoms with van der Waals surface area (Å²) in [5, 5.41) is 0. The summed E-state index contributed by atoms with van der Waals surface area (Å²) in [5.41, 5.74) is -0.712. The maximum atomic E-state index is 14.0. The average molecular weight is 491 g/mol. The molecular weight excluding hydrogens is 465 g/mol. The molecule has 0 spiro atoms. The first-order valence-corrected chi connectivity index (χ1v) is 12.3. The number of carbonyl (C=O) groups excluding carboxylic acids is 1. The molecule has 2 aromatic rings. The fourth-order valence-electron chi connectivity index (χ4n) is 3.87. The van der Waals surface area contributed by atoms with Crippen LogP contribution in [-0.4, -0.2) is 52.6 Å². The summed E-state index contributed by atoms with van der Waals surface area (Å²) in [6, 6.07) is 7.80. The number of nitrogens with zero attached hydrogens (tertiary/aromatic N) is 2. The number of H-pyrrole nitrogens is 1. The lowest BCUT2D eigenvalue weighted by atomic mass is 10.2. The number of para-hydroxylation sites is 1. The highest BCUT2D eigenvalue weighted by Gasteiger charge is 2.47. The van der Waals surface area contributed by atoms with Crippen molar-refractivity contribution in [1.82, 2.24) is 14.2 Å². The molecule has 2 aliphatic rings. The van der Waals surface area contributed by atoms with Crippen molar-refractivity contribution in [3.05, 3.63) is 75.1 Å². The normalized spacial score (nSPS) is 24.1. The highest BCUT2D eigenvalue weighted by atomic mass is 31.2. The molecule has 0 aliphatic carbocycles. The van der Waals surface area contributed by atoms with E-state index >= 15 is 0 Å². The van der Waals surface area contributed by atoms with Gasteiger partial charge < -0.3 is 14.0 Å². The summed E-state index contributed by atoms with van der Waals surface area (Å²) in [7, 11) is -2.70. The maximum Gasteiger partial charge on any atom is 0.462 e. The molecule has 34 heavy (non-hydrogen) atoms. The van der Waals surface area contributed by atoms with E-state index in [-0.39, 0.29) is 6.61 Å². The Kier molecular flexibility index (Phi) is 7.18. The molecule has 0 bridgehead atoms. The second-order valence-corrected chi connectivity index (χ2v) is 9.83. The number of aromatic nitrogens is 2. The lowest BCUT2D eigenvalue weighted by Gasteiger charge is -2.30. The van der Waals surface area contributed by atoms with Gasteiger partial charge in [-0.15, -0.1) is 0 Å². The molecule has 11 nitrogen and oxygen atoms in total. The number of rotatable bonds is 8. The van der Waals surface area contributed by atoms with Crippen molar-refractivity contribution >= 4 is 13.7 Å². The quantitative estimate of drug-likeness (QED) is 0.335. The lowest BCUT2D eigenvalue weighted by molar-refractivity contribution is -0.144. The summed E-state index contributed by atoms with van der Waals surface area (Å²) in [6.07, 6.45) is 4.41. The highest BCUT2D eigenvalue weighted by Crippen LogP contribution is 2.55. The van der Waals surface area contributed by atoms with Crippen molar-refractivity contribution in [2.75, 3.05) is 20.3 Å². The van der Waals surface area contributed by atoms with Gasteiger partial charge >= 0.3 is 19.4 Å². The summed E-state index contributed by atoms with van der Waals surface area (Å²) in [5.74, 6) is -0.180. The number of benzene rings is 1. The summed E-state index contributed by atoms with van der Waals surface area (Å²) in [6.45, 7) is 1.76. The molecule has 1 fully saturated rings. The van der Waals surface area contributed by atoms with Gasteiger partial charge in [0.2, 0.25) is 0 Å². The second kappa shape index (κ2) is 10.1. The molecule has 0 radical (unpaired) electrons. The zero-order valence-electron chi connectivity index (χ0n) is 18.8. The van der Waals surface area contributed by atoms with E-state index in [9.17, 15) is 18.9 Å². The minimum absolute atomic E-state index is 0.154. The number of hydrogen-bond donors (Lipinski definition) is 1. The largest absolute Gasteiger partial charge is 0.468 e. The molecule has 0 saturated carbocycles. The van der Waals surface area contributed by atoms with Gasteiger partial charge in [0.05, 0.1) is 13.7 Å². The van der Waals surface area contributed by atoms with Crippen LogP contribution in [0.15, 0.2) is 58.3 Å². The number of nitrogens with one attached hydrogen (secondary N) is 1. The number of ether oxygens (including phenoxy) is 2. The molecule has 4 rings (SSSR count). The second-order valence-electron chi connectivity index (χ2n) is 7.94. The predicted molar refractivity (Wildman–Crippen MR) is 121 cm³/mol. The number of methoxy groups -OCH3 is 1. The molecule has 1 aromatic carbocycles. The molecule has 3 heterocycles. The van der Waals surface area contributed by atoms with E-state index in [2.05, 4.69) is 4.98 Å². The predicted octanol–water partition coefficient (Wildman–Crippen LogP) is 2.14. The third-order valence-electron chi connectivity index (χ3n) is 5.60. The monoisotopic (exact) mass is 491 g/mol. The number of aromatic amines is 1. The van der Waals surface area contributed by atoms with Gasteiger partial charge in [-0.25, -0.2) is 9.36 Å². The Morgan fingerprint density at radius 2 is 2.00 bits per heavy atom. The van der Waals surface area contributed by atoms with E-state index < -0.39 is 43.3 Å². The third-order valence-corrected chi connectivity index (χ3v) is 7.63. The molecular formula is C22H26N3O8P. The van der Waals surface area contributed by atoms with Crippen LogP contribution in [0.3, 0.4) is 0 Å². The molecule has 1 aromatic heterocycles. The van der Waals surface area contributed by atoms with Crippen molar-refractivity contribution in [2.24, 2.45) is 0 Å². The van der Waals surface area contributed by atoms with Crippen LogP contribution < -0.4 is 15.8 Å². The standard InChI is InChI=1S/C22H26N3O8P/c1-15-13-24(22(28)23-20(15)26)19-11-10-17(32-19)14-31-34(29,33-16-7-4-3-5-8-16)25-12-6-9-18(25)21(27)30-2/h3-5,7-8,10-11,13,17-19H,6,9,12,14H2,1-2H3,(H,23,26,28)/t17-,18?,19+,34?/m0/s1. The SMILES string of the molecule is COC(=O)C1CCCN1P(=O)(OC[C@@H]1C=C[C@H](n2cc(C)c(=O)[nH]c2=O)O1)Oc1ccccc1. The fourth-order valence-corrected chi connectivity index (χ4v) is 5.84. The van der Waals surface area contributed by atoms with Crippen LogP contribution in [0.1, 0.15) is 24.6 Å². The molecule has 12 heteroatoms. The maximum absolute atomic E-state index is 14.0. The van der Waals surface area contributed by atoms with Gasteiger partial charge in [0, 0.05) is 18.3 Å². The van der Waals surface area contributed by atoms with Gasteiger partial charge in [-0.2, -0.15) is 4.67 Å². The summed E-state index contributed by atoms with van der Waals surface area (Å²) < 4.78 is 39.0. The fraction of sp³-hybridized carbons (Fsp3) is 0.409. The van der Waals surface area contributed by atoms with Crippen LogP contribution in [0, 0.1) is 6.92 Å². The van der Waals surface area contributed by atoms with Gasteiger partial charge in [0.1, 0.15) is 17.9 Å². The van der Waals surface area contributed by atoms with E-state index in [4.69, 9.17) is 18.5 Å². The Labute approximate surface area is 195 Å². The minimum Gasteiger partial charge on any atom is -0.468 e. The van der Waals surface area contributed by atoms with Crippen LogP contribution in [0.25, 0.3) is 0 Å². The molecule has 2 unspecified atom stereocenters. The topological polar surface area (TPSA) is 129 Å². The average Bonchev–Trinajstić information content (AvgIpc) is 3.51. The van der Waals surface area contributed by atoms with Gasteiger partial charge in [-0.3, -0.25) is 23.7 Å². The van der Waals surface area contributed by atoms with Gasteiger partial charge in [0.15, 0.2) is 6.23 Å². The zero-order chi connectivity index (χ0) is 24.3. The Morgan fingerprint density at radius 3 is 2.74 bits per heavy atom. The van der Waals surface area contributed by atoms with Gasteiger partial charge in [-0.05, 0) is 38.0 Å². The molecule has 2 aliphatic heterocycles. The Bertz CT molecular complexity index is 1220. The van der Waals surface area contributed by atoms with Crippen LogP contribution in [-0.2, 0) is 23.4 Å². The molecule has 4 atom stereocenters. The van der Waals surface area contributed by atoms with Gasteiger partial charge in [-0.1, -0.05) is 24.3 Å². The molecule has 0 amide bonds. The van der Waals surface area contributed by atoms with Crippen LogP contribution in [0.4, 0.5) is 0 Å². The van der Waals surface area contributed by atoms with Crippen LogP contribution >= 0.6 is 7.75 Å². The number of esters is 1. The number of hydrogen-bond acceptors (Lipinski definition) is 8. The Morgan fingerprint density at radius 1 is 1.24 bits per heavy atom. The zero-order valence-corrected chi connectivity index (χ0v) is 19.7.